The lowest BCUT2D eigenvalue weighted by molar-refractivity contribution is 0.431. The van der Waals surface area contributed by atoms with Crippen molar-refractivity contribution in [3.05, 3.63) is 65.5 Å². The van der Waals surface area contributed by atoms with E-state index in [2.05, 4.69) is 4.72 Å². The number of rotatable bonds is 6. The van der Waals surface area contributed by atoms with Crippen LogP contribution in [0.1, 0.15) is 18.9 Å². The van der Waals surface area contributed by atoms with Crippen molar-refractivity contribution in [1.82, 2.24) is 4.72 Å². The fourth-order valence-corrected chi connectivity index (χ4v) is 3.48. The number of sulfonamides is 1. The zero-order valence-electron chi connectivity index (χ0n) is 12.4. The lowest BCUT2D eigenvalue weighted by atomic mass is 10.1. The molecule has 2 rings (SSSR count). The minimum Gasteiger partial charge on any atom is -0.208 e. The Bertz CT molecular complexity index is 779. The van der Waals surface area contributed by atoms with Gasteiger partial charge >= 0.3 is 0 Å². The van der Waals surface area contributed by atoms with Crippen LogP contribution in [0.2, 0.25) is 0 Å². The van der Waals surface area contributed by atoms with Crippen molar-refractivity contribution in [1.29, 1.82) is 0 Å². The van der Waals surface area contributed by atoms with Gasteiger partial charge in [0.15, 0.2) is 17.5 Å². The van der Waals surface area contributed by atoms with Crippen molar-refractivity contribution < 1.29 is 21.6 Å². The topological polar surface area (TPSA) is 46.2 Å². The molecule has 0 fully saturated rings. The smallest absolute Gasteiger partial charge is 0.208 e. The molecule has 0 spiro atoms. The molecule has 1 N–H and O–H groups in total. The van der Waals surface area contributed by atoms with Gasteiger partial charge in [-0.25, -0.2) is 26.3 Å². The van der Waals surface area contributed by atoms with E-state index < -0.39 is 38.4 Å². The Morgan fingerprint density at radius 2 is 1.65 bits per heavy atom. The maximum Gasteiger partial charge on any atom is 0.243 e. The fraction of sp³-hybridized carbons (Fsp3) is 0.250. The summed E-state index contributed by atoms with van der Waals surface area (Å²) in [4.78, 5) is -0.900. The quantitative estimate of drug-likeness (QED) is 0.817. The number of aryl methyl sites for hydroxylation is 1. The fourth-order valence-electron chi connectivity index (χ4n) is 2.13. The summed E-state index contributed by atoms with van der Waals surface area (Å²) in [5, 5.41) is 0. The molecule has 0 aliphatic carbocycles. The molecule has 0 aromatic heterocycles. The first-order valence-corrected chi connectivity index (χ1v) is 8.49. The zero-order valence-corrected chi connectivity index (χ0v) is 13.2. The van der Waals surface area contributed by atoms with Crippen LogP contribution in [0.5, 0.6) is 0 Å². The van der Waals surface area contributed by atoms with Gasteiger partial charge in [0.05, 0.1) is 0 Å². The van der Waals surface area contributed by atoms with Gasteiger partial charge < -0.3 is 0 Å². The van der Waals surface area contributed by atoms with Gasteiger partial charge in [-0.2, -0.15) is 0 Å². The van der Waals surface area contributed by atoms with E-state index in [9.17, 15) is 21.6 Å². The van der Waals surface area contributed by atoms with Gasteiger partial charge in [0, 0.05) is 6.04 Å². The molecule has 2 aromatic carbocycles. The van der Waals surface area contributed by atoms with Gasteiger partial charge in [0.2, 0.25) is 10.0 Å². The molecule has 0 radical (unpaired) electrons. The first-order chi connectivity index (χ1) is 10.8. The standard InChI is InChI=1S/C16H16F3NO2S/c1-11(7-8-12-5-3-2-4-6-12)20-23(21,22)14-10-9-13(17)15(18)16(14)19/h2-6,9-11,20H,7-8H2,1H3/t11-/m0/s1. The Kier molecular flexibility index (Phi) is 5.43. The van der Waals surface area contributed by atoms with Gasteiger partial charge in [-0.1, -0.05) is 30.3 Å². The summed E-state index contributed by atoms with van der Waals surface area (Å²) in [6.07, 6.45) is 1.11. The van der Waals surface area contributed by atoms with Gasteiger partial charge in [0.25, 0.3) is 0 Å². The number of benzene rings is 2. The predicted molar refractivity (Wildman–Crippen MR) is 80.9 cm³/mol. The van der Waals surface area contributed by atoms with Gasteiger partial charge in [-0.3, -0.25) is 0 Å². The Labute approximate surface area is 133 Å². The van der Waals surface area contributed by atoms with Crippen LogP contribution in [-0.2, 0) is 16.4 Å². The molecule has 0 unspecified atom stereocenters. The number of hydrogen-bond donors (Lipinski definition) is 1. The Morgan fingerprint density at radius 3 is 2.30 bits per heavy atom. The van der Waals surface area contributed by atoms with Gasteiger partial charge in [-0.15, -0.1) is 0 Å². The molecule has 3 nitrogen and oxygen atoms in total. The van der Waals surface area contributed by atoms with E-state index >= 15 is 0 Å². The van der Waals surface area contributed by atoms with Crippen molar-refractivity contribution >= 4 is 10.0 Å². The second-order valence-corrected chi connectivity index (χ2v) is 6.90. The van der Waals surface area contributed by atoms with Crippen molar-refractivity contribution in [2.75, 3.05) is 0 Å². The summed E-state index contributed by atoms with van der Waals surface area (Å²) >= 11 is 0. The van der Waals surface area contributed by atoms with E-state index in [1.165, 1.54) is 0 Å². The monoisotopic (exact) mass is 343 g/mol. The second kappa shape index (κ2) is 7.14. The average Bonchev–Trinajstić information content (AvgIpc) is 2.51. The normalized spacial score (nSPS) is 13.0. The highest BCUT2D eigenvalue weighted by atomic mass is 32.2. The SMILES string of the molecule is C[C@@H](CCc1ccccc1)NS(=O)(=O)c1ccc(F)c(F)c1F. The highest BCUT2D eigenvalue weighted by molar-refractivity contribution is 7.89. The summed E-state index contributed by atoms with van der Waals surface area (Å²) < 4.78 is 66.2. The first kappa shape index (κ1) is 17.5. The lowest BCUT2D eigenvalue weighted by Crippen LogP contribution is -2.33. The molecule has 0 aliphatic heterocycles. The average molecular weight is 343 g/mol. The minimum absolute atomic E-state index is 0.481. The molecule has 0 saturated carbocycles. The van der Waals surface area contributed by atoms with Gasteiger partial charge in [0.1, 0.15) is 4.90 Å². The maximum absolute atomic E-state index is 13.6. The van der Waals surface area contributed by atoms with Crippen LogP contribution in [0.4, 0.5) is 13.2 Å². The summed E-state index contributed by atoms with van der Waals surface area (Å²) in [7, 11) is -4.27. The Hall–Kier alpha value is -1.86. The van der Waals surface area contributed by atoms with Crippen LogP contribution < -0.4 is 4.72 Å². The van der Waals surface area contributed by atoms with E-state index in [4.69, 9.17) is 0 Å². The molecule has 0 bridgehead atoms. The van der Waals surface area contributed by atoms with E-state index in [0.717, 1.165) is 5.56 Å². The molecule has 2 aromatic rings. The molecule has 7 heteroatoms. The van der Waals surface area contributed by atoms with Crippen LogP contribution in [0.15, 0.2) is 47.4 Å². The molecule has 0 heterocycles. The van der Waals surface area contributed by atoms with Gasteiger partial charge in [-0.05, 0) is 37.5 Å². The Balaban J connectivity index is 2.07. The number of halogens is 3. The van der Waals surface area contributed by atoms with Crippen molar-refractivity contribution in [3.8, 4) is 0 Å². The number of hydrogen-bond acceptors (Lipinski definition) is 2. The highest BCUT2D eigenvalue weighted by Crippen LogP contribution is 2.20. The summed E-state index contributed by atoms with van der Waals surface area (Å²) in [5.41, 5.74) is 1.04. The van der Waals surface area contributed by atoms with E-state index in [1.807, 2.05) is 30.3 Å². The van der Waals surface area contributed by atoms with Crippen LogP contribution in [0.3, 0.4) is 0 Å². The molecular formula is C16H16F3NO2S. The summed E-state index contributed by atoms with van der Waals surface area (Å²) in [5.74, 6) is -4.95. The first-order valence-electron chi connectivity index (χ1n) is 7.01. The number of nitrogens with one attached hydrogen (secondary N) is 1. The molecule has 1 atom stereocenters. The Morgan fingerprint density at radius 1 is 1.00 bits per heavy atom. The third kappa shape index (κ3) is 4.33. The van der Waals surface area contributed by atoms with Crippen LogP contribution in [0.25, 0.3) is 0 Å². The van der Waals surface area contributed by atoms with Crippen molar-refractivity contribution in [2.45, 2.75) is 30.7 Å². The molecule has 0 aliphatic rings. The minimum atomic E-state index is -4.27. The van der Waals surface area contributed by atoms with Crippen molar-refractivity contribution in [2.24, 2.45) is 0 Å². The third-order valence-corrected chi connectivity index (χ3v) is 4.96. The maximum atomic E-state index is 13.6. The zero-order chi connectivity index (χ0) is 17.0. The molecular weight excluding hydrogens is 327 g/mol. The molecule has 0 amide bonds. The van der Waals surface area contributed by atoms with Crippen LogP contribution >= 0.6 is 0 Å². The van der Waals surface area contributed by atoms with Crippen LogP contribution in [0, 0.1) is 17.5 Å². The predicted octanol–water partition coefficient (Wildman–Crippen LogP) is 3.40. The lowest BCUT2D eigenvalue weighted by Gasteiger charge is -2.15. The second-order valence-electron chi connectivity index (χ2n) is 5.22. The summed E-state index contributed by atoms with van der Waals surface area (Å²) in [6, 6.07) is 10.3. The molecule has 23 heavy (non-hydrogen) atoms. The molecule has 0 saturated heterocycles. The van der Waals surface area contributed by atoms with Crippen LogP contribution in [-0.4, -0.2) is 14.5 Å². The third-order valence-electron chi connectivity index (χ3n) is 3.35. The highest BCUT2D eigenvalue weighted by Gasteiger charge is 2.25. The van der Waals surface area contributed by atoms with Crippen molar-refractivity contribution in [3.63, 3.8) is 0 Å². The molecule has 124 valence electrons. The van der Waals surface area contributed by atoms with E-state index in [1.54, 1.807) is 6.92 Å². The van der Waals surface area contributed by atoms with E-state index in [-0.39, 0.29) is 0 Å². The largest absolute Gasteiger partial charge is 0.243 e. The summed E-state index contributed by atoms with van der Waals surface area (Å²) in [6.45, 7) is 1.62. The van der Waals surface area contributed by atoms with E-state index in [0.29, 0.717) is 25.0 Å².